The van der Waals surface area contributed by atoms with Crippen molar-refractivity contribution in [2.24, 2.45) is 5.84 Å². The van der Waals surface area contributed by atoms with E-state index >= 15 is 0 Å². The van der Waals surface area contributed by atoms with Gasteiger partial charge in [-0.05, 0) is 24.3 Å². The number of benzene rings is 1. The molecule has 0 aromatic heterocycles. The first-order chi connectivity index (χ1) is 8.65. The average molecular weight is 268 g/mol. The lowest BCUT2D eigenvalue weighted by Crippen LogP contribution is -2.32. The SMILES string of the molecule is CN(c1cccc(NN)c1[N+](=O)[O-])C1CCSC1. The number of nitro benzene ring substituents is 1. The van der Waals surface area contributed by atoms with Crippen molar-refractivity contribution >= 4 is 28.8 Å². The Hall–Kier alpha value is -1.47. The van der Waals surface area contributed by atoms with Gasteiger partial charge in [-0.1, -0.05) is 6.07 Å². The highest BCUT2D eigenvalue weighted by Crippen LogP contribution is 2.37. The summed E-state index contributed by atoms with van der Waals surface area (Å²) < 4.78 is 0. The number of hydrogen-bond donors (Lipinski definition) is 2. The molecule has 0 aliphatic carbocycles. The molecule has 1 atom stereocenters. The molecule has 3 N–H and O–H groups in total. The van der Waals surface area contributed by atoms with Crippen molar-refractivity contribution in [3.8, 4) is 0 Å². The number of nitrogens with two attached hydrogens (primary N) is 1. The van der Waals surface area contributed by atoms with E-state index in [-0.39, 0.29) is 10.6 Å². The minimum atomic E-state index is -0.386. The first-order valence-corrected chi connectivity index (χ1v) is 6.85. The molecule has 98 valence electrons. The van der Waals surface area contributed by atoms with Crippen molar-refractivity contribution in [3.63, 3.8) is 0 Å². The van der Waals surface area contributed by atoms with Gasteiger partial charge < -0.3 is 10.3 Å². The molecule has 0 saturated carbocycles. The zero-order valence-corrected chi connectivity index (χ0v) is 10.9. The van der Waals surface area contributed by atoms with Crippen LogP contribution in [0.15, 0.2) is 18.2 Å². The van der Waals surface area contributed by atoms with Crippen molar-refractivity contribution in [1.82, 2.24) is 0 Å². The molecule has 1 aliphatic heterocycles. The number of nitrogens with zero attached hydrogens (tertiary/aromatic N) is 2. The third-order valence-electron chi connectivity index (χ3n) is 3.19. The summed E-state index contributed by atoms with van der Waals surface area (Å²) in [6, 6.07) is 5.50. The van der Waals surface area contributed by atoms with E-state index in [9.17, 15) is 10.1 Å². The van der Waals surface area contributed by atoms with Gasteiger partial charge in [0.1, 0.15) is 11.4 Å². The standard InChI is InChI=1S/C11H16N4O2S/c1-14(8-5-6-18-7-8)10-4-2-3-9(13-12)11(10)15(16)17/h2-4,8,13H,5-7,12H2,1H3. The van der Waals surface area contributed by atoms with Crippen LogP contribution in [0.3, 0.4) is 0 Å². The molecule has 0 radical (unpaired) electrons. The van der Waals surface area contributed by atoms with E-state index in [1.807, 2.05) is 23.7 Å². The summed E-state index contributed by atoms with van der Waals surface area (Å²) in [7, 11) is 1.90. The number of nitrogens with one attached hydrogen (secondary N) is 1. The molecule has 2 rings (SSSR count). The van der Waals surface area contributed by atoms with E-state index in [1.165, 1.54) is 0 Å². The second-order valence-corrected chi connectivity index (χ2v) is 5.35. The van der Waals surface area contributed by atoms with Gasteiger partial charge in [0.2, 0.25) is 0 Å². The minimum Gasteiger partial charge on any atom is -0.365 e. The van der Waals surface area contributed by atoms with Gasteiger partial charge in [-0.25, -0.2) is 0 Å². The molecule has 18 heavy (non-hydrogen) atoms. The summed E-state index contributed by atoms with van der Waals surface area (Å²) in [5.41, 5.74) is 3.39. The van der Waals surface area contributed by atoms with Gasteiger partial charge in [0, 0.05) is 18.8 Å². The van der Waals surface area contributed by atoms with Crippen LogP contribution in [0.5, 0.6) is 0 Å². The van der Waals surface area contributed by atoms with E-state index in [2.05, 4.69) is 5.43 Å². The molecule has 6 nitrogen and oxygen atoms in total. The maximum absolute atomic E-state index is 11.2. The van der Waals surface area contributed by atoms with E-state index in [0.717, 1.165) is 17.9 Å². The quantitative estimate of drug-likeness (QED) is 0.492. The minimum absolute atomic E-state index is 0.0411. The molecule has 1 fully saturated rings. The van der Waals surface area contributed by atoms with Crippen molar-refractivity contribution in [2.75, 3.05) is 28.9 Å². The average Bonchev–Trinajstić information content (AvgIpc) is 2.90. The number of anilines is 2. The van der Waals surface area contributed by atoms with Crippen LogP contribution in [0.25, 0.3) is 0 Å². The molecule has 1 aliphatic rings. The maximum atomic E-state index is 11.2. The van der Waals surface area contributed by atoms with E-state index in [4.69, 9.17) is 5.84 Å². The Morgan fingerprint density at radius 3 is 2.94 bits per heavy atom. The molecule has 0 amide bonds. The van der Waals surface area contributed by atoms with Crippen molar-refractivity contribution in [1.29, 1.82) is 0 Å². The van der Waals surface area contributed by atoms with Crippen LogP contribution in [-0.2, 0) is 0 Å². The Balaban J connectivity index is 2.39. The van der Waals surface area contributed by atoms with Gasteiger partial charge in [-0.3, -0.25) is 16.0 Å². The second kappa shape index (κ2) is 5.45. The van der Waals surface area contributed by atoms with Crippen LogP contribution in [0.2, 0.25) is 0 Å². The molecule has 1 saturated heterocycles. The molecule has 1 aromatic rings. The van der Waals surface area contributed by atoms with Gasteiger partial charge >= 0.3 is 5.69 Å². The summed E-state index contributed by atoms with van der Waals surface area (Å²) in [5, 5.41) is 11.2. The van der Waals surface area contributed by atoms with Crippen LogP contribution >= 0.6 is 11.8 Å². The lowest BCUT2D eigenvalue weighted by Gasteiger charge is -2.26. The fourth-order valence-corrected chi connectivity index (χ4v) is 3.42. The zero-order chi connectivity index (χ0) is 13.1. The van der Waals surface area contributed by atoms with Crippen molar-refractivity contribution < 1.29 is 4.92 Å². The first-order valence-electron chi connectivity index (χ1n) is 5.69. The van der Waals surface area contributed by atoms with Crippen LogP contribution in [0.1, 0.15) is 6.42 Å². The summed E-state index contributed by atoms with van der Waals surface area (Å²) in [4.78, 5) is 12.8. The van der Waals surface area contributed by atoms with Crippen molar-refractivity contribution in [2.45, 2.75) is 12.5 Å². The smallest absolute Gasteiger partial charge is 0.316 e. The topological polar surface area (TPSA) is 84.4 Å². The zero-order valence-electron chi connectivity index (χ0n) is 10.1. The Morgan fingerprint density at radius 1 is 1.61 bits per heavy atom. The predicted molar refractivity (Wildman–Crippen MR) is 75.0 cm³/mol. The van der Waals surface area contributed by atoms with Gasteiger partial charge in [0.05, 0.1) is 4.92 Å². The summed E-state index contributed by atoms with van der Waals surface area (Å²) >= 11 is 1.88. The number of rotatable bonds is 4. The number of thioether (sulfide) groups is 1. The summed E-state index contributed by atoms with van der Waals surface area (Å²) in [6.07, 6.45) is 1.05. The third kappa shape index (κ3) is 2.37. The summed E-state index contributed by atoms with van der Waals surface area (Å²) in [5.74, 6) is 7.45. The number of nitro groups is 1. The highest BCUT2D eigenvalue weighted by Gasteiger charge is 2.27. The Morgan fingerprint density at radius 2 is 2.39 bits per heavy atom. The van der Waals surface area contributed by atoms with Gasteiger partial charge in [-0.2, -0.15) is 11.8 Å². The maximum Gasteiger partial charge on any atom is 0.316 e. The number of para-hydroxylation sites is 1. The van der Waals surface area contributed by atoms with Crippen LogP contribution in [0, 0.1) is 10.1 Å². The molecule has 7 heteroatoms. The van der Waals surface area contributed by atoms with Crippen molar-refractivity contribution in [3.05, 3.63) is 28.3 Å². The Kier molecular flexibility index (Phi) is 3.93. The van der Waals surface area contributed by atoms with E-state index < -0.39 is 0 Å². The molecular weight excluding hydrogens is 252 g/mol. The first kappa shape index (κ1) is 13.0. The normalized spacial score (nSPS) is 18.7. The fraction of sp³-hybridized carbons (Fsp3) is 0.455. The number of nitrogen functional groups attached to an aromatic ring is 1. The van der Waals surface area contributed by atoms with E-state index in [1.54, 1.807) is 18.2 Å². The predicted octanol–water partition coefficient (Wildman–Crippen LogP) is 1.82. The monoisotopic (exact) mass is 268 g/mol. The fourth-order valence-electron chi connectivity index (χ4n) is 2.15. The Labute approximate surface area is 110 Å². The van der Waals surface area contributed by atoms with Gasteiger partial charge in [0.15, 0.2) is 0 Å². The Bertz CT molecular complexity index is 449. The second-order valence-electron chi connectivity index (χ2n) is 4.20. The third-order valence-corrected chi connectivity index (χ3v) is 4.33. The van der Waals surface area contributed by atoms with Gasteiger partial charge in [0.25, 0.3) is 0 Å². The number of hydrogen-bond acceptors (Lipinski definition) is 6. The number of hydrazine groups is 1. The summed E-state index contributed by atoms with van der Waals surface area (Å²) in [6.45, 7) is 0. The van der Waals surface area contributed by atoms with Gasteiger partial charge in [-0.15, -0.1) is 0 Å². The molecule has 0 bridgehead atoms. The lowest BCUT2D eigenvalue weighted by atomic mass is 10.1. The molecule has 0 spiro atoms. The largest absolute Gasteiger partial charge is 0.365 e. The lowest BCUT2D eigenvalue weighted by molar-refractivity contribution is -0.383. The molecule has 1 unspecified atom stereocenters. The van der Waals surface area contributed by atoms with Crippen LogP contribution in [0.4, 0.5) is 17.1 Å². The van der Waals surface area contributed by atoms with E-state index in [0.29, 0.717) is 17.4 Å². The molecular formula is C11H16N4O2S. The van der Waals surface area contributed by atoms with Crippen LogP contribution in [-0.4, -0.2) is 29.5 Å². The van der Waals surface area contributed by atoms with Crippen LogP contribution < -0.4 is 16.2 Å². The highest BCUT2D eigenvalue weighted by molar-refractivity contribution is 7.99. The highest BCUT2D eigenvalue weighted by atomic mass is 32.2. The molecule has 1 heterocycles. The molecule has 1 aromatic carbocycles.